The molecule has 70 valence electrons. The number of hydrogen-bond acceptors (Lipinski definition) is 2. The van der Waals surface area contributed by atoms with Crippen LogP contribution in [0.2, 0.25) is 0 Å². The van der Waals surface area contributed by atoms with Gasteiger partial charge in [0.1, 0.15) is 0 Å². The third-order valence-corrected chi connectivity index (χ3v) is 1.41. The van der Waals surface area contributed by atoms with Gasteiger partial charge in [0.25, 0.3) is 0 Å². The van der Waals surface area contributed by atoms with Gasteiger partial charge in [-0.2, -0.15) is 0 Å². The van der Waals surface area contributed by atoms with Gasteiger partial charge < -0.3 is 10.1 Å². The zero-order valence-electron chi connectivity index (χ0n) is 7.72. The van der Waals surface area contributed by atoms with Gasteiger partial charge in [0.15, 0.2) is 0 Å². The normalized spacial score (nSPS) is 9.67. The Bertz CT molecular complexity index is 98.4. The van der Waals surface area contributed by atoms with Gasteiger partial charge in [0, 0.05) is 6.54 Å². The summed E-state index contributed by atoms with van der Waals surface area (Å²) in [6, 6.07) is 0. The number of hydrogen-bond donors (Lipinski definition) is 1. The molecule has 1 N–H and O–H groups in total. The van der Waals surface area contributed by atoms with E-state index < -0.39 is 0 Å². The van der Waals surface area contributed by atoms with Crippen LogP contribution in [0, 0.1) is 0 Å². The van der Waals surface area contributed by atoms with Crippen LogP contribution in [0.15, 0.2) is 25.3 Å². The second kappa shape index (κ2) is 10.4. The molecule has 0 amide bonds. The fraction of sp³-hybridized carbons (Fsp3) is 0.600. The van der Waals surface area contributed by atoms with Crippen molar-refractivity contribution in [3.8, 4) is 0 Å². The summed E-state index contributed by atoms with van der Waals surface area (Å²) in [6.45, 7) is 10.7. The molecular weight excluding hydrogens is 150 g/mol. The Morgan fingerprint density at radius 3 is 2.42 bits per heavy atom. The molecule has 0 bridgehead atoms. The Morgan fingerprint density at radius 2 is 1.75 bits per heavy atom. The molecule has 0 saturated heterocycles. The van der Waals surface area contributed by atoms with Crippen LogP contribution in [0.4, 0.5) is 0 Å². The highest BCUT2D eigenvalue weighted by Crippen LogP contribution is 1.81. The highest BCUT2D eigenvalue weighted by molar-refractivity contribution is 4.67. The van der Waals surface area contributed by atoms with Crippen LogP contribution >= 0.6 is 0 Å². The van der Waals surface area contributed by atoms with Crippen molar-refractivity contribution in [2.75, 3.05) is 26.3 Å². The minimum Gasteiger partial charge on any atom is -0.380 e. The molecule has 0 radical (unpaired) electrons. The van der Waals surface area contributed by atoms with Crippen molar-refractivity contribution in [2.45, 2.75) is 12.8 Å². The topological polar surface area (TPSA) is 21.3 Å². The molecule has 0 aromatic rings. The van der Waals surface area contributed by atoms with Gasteiger partial charge in [-0.25, -0.2) is 0 Å². The fourth-order valence-corrected chi connectivity index (χ4v) is 0.742. The van der Waals surface area contributed by atoms with E-state index in [-0.39, 0.29) is 0 Å². The minimum atomic E-state index is 0.783. The molecule has 0 rings (SSSR count). The Kier molecular flexibility index (Phi) is 9.88. The molecule has 0 unspecified atom stereocenters. The molecule has 0 aromatic carbocycles. The van der Waals surface area contributed by atoms with Crippen molar-refractivity contribution in [1.29, 1.82) is 0 Å². The molecular formula is C10H19NO. The van der Waals surface area contributed by atoms with Crippen LogP contribution in [-0.4, -0.2) is 26.3 Å². The monoisotopic (exact) mass is 169 g/mol. The number of ether oxygens (including phenoxy) is 1. The molecule has 0 fully saturated rings. The van der Waals surface area contributed by atoms with Crippen LogP contribution in [0.3, 0.4) is 0 Å². The average molecular weight is 169 g/mol. The van der Waals surface area contributed by atoms with E-state index in [0.29, 0.717) is 0 Å². The van der Waals surface area contributed by atoms with Gasteiger partial charge in [-0.3, -0.25) is 0 Å². The van der Waals surface area contributed by atoms with E-state index in [1.165, 1.54) is 0 Å². The lowest BCUT2D eigenvalue weighted by Gasteiger charge is -2.03. The summed E-state index contributed by atoms with van der Waals surface area (Å²) in [5, 5.41) is 3.24. The maximum absolute atomic E-state index is 5.29. The molecule has 0 atom stereocenters. The molecule has 0 aliphatic rings. The molecule has 0 aliphatic heterocycles. The Labute approximate surface area is 75.3 Å². The van der Waals surface area contributed by atoms with Gasteiger partial charge in [-0.05, 0) is 19.4 Å². The summed E-state index contributed by atoms with van der Waals surface area (Å²) in [5.41, 5.74) is 0. The van der Waals surface area contributed by atoms with E-state index in [1.807, 2.05) is 12.2 Å². The second-order valence-corrected chi connectivity index (χ2v) is 2.52. The SMILES string of the molecule is C=CCCNCCOCCC=C. The zero-order valence-corrected chi connectivity index (χ0v) is 7.72. The van der Waals surface area contributed by atoms with Crippen LogP contribution in [-0.2, 0) is 4.74 Å². The summed E-state index contributed by atoms with van der Waals surface area (Å²) in [7, 11) is 0. The van der Waals surface area contributed by atoms with Crippen LogP contribution in [0.5, 0.6) is 0 Å². The summed E-state index contributed by atoms with van der Waals surface area (Å²) >= 11 is 0. The van der Waals surface area contributed by atoms with E-state index >= 15 is 0 Å². The van der Waals surface area contributed by atoms with E-state index in [0.717, 1.165) is 39.1 Å². The van der Waals surface area contributed by atoms with Gasteiger partial charge in [0.2, 0.25) is 0 Å². The third-order valence-electron chi connectivity index (χ3n) is 1.41. The quantitative estimate of drug-likeness (QED) is 0.419. The summed E-state index contributed by atoms with van der Waals surface area (Å²) in [6.07, 6.45) is 5.73. The van der Waals surface area contributed by atoms with Crippen molar-refractivity contribution < 1.29 is 4.74 Å². The van der Waals surface area contributed by atoms with Crippen molar-refractivity contribution >= 4 is 0 Å². The van der Waals surface area contributed by atoms with E-state index in [2.05, 4.69) is 18.5 Å². The first-order chi connectivity index (χ1) is 5.91. The lowest BCUT2D eigenvalue weighted by atomic mass is 10.4. The van der Waals surface area contributed by atoms with Crippen molar-refractivity contribution in [3.05, 3.63) is 25.3 Å². The van der Waals surface area contributed by atoms with Crippen molar-refractivity contribution in [2.24, 2.45) is 0 Å². The highest BCUT2D eigenvalue weighted by Gasteiger charge is 1.86. The molecule has 0 heterocycles. The zero-order chi connectivity index (χ0) is 9.07. The van der Waals surface area contributed by atoms with E-state index in [4.69, 9.17) is 4.74 Å². The minimum absolute atomic E-state index is 0.783. The Hall–Kier alpha value is -0.600. The third kappa shape index (κ3) is 9.40. The largest absolute Gasteiger partial charge is 0.380 e. The van der Waals surface area contributed by atoms with E-state index in [1.54, 1.807) is 0 Å². The lowest BCUT2D eigenvalue weighted by molar-refractivity contribution is 0.141. The predicted octanol–water partition coefficient (Wildman–Crippen LogP) is 1.74. The van der Waals surface area contributed by atoms with Crippen LogP contribution in [0.25, 0.3) is 0 Å². The lowest BCUT2D eigenvalue weighted by Crippen LogP contribution is -2.20. The standard InChI is InChI=1S/C10H19NO/c1-3-5-7-11-8-10-12-9-6-4-2/h3-4,11H,1-2,5-10H2. The molecule has 0 saturated carbocycles. The van der Waals surface area contributed by atoms with Crippen molar-refractivity contribution in [3.63, 3.8) is 0 Å². The van der Waals surface area contributed by atoms with Gasteiger partial charge in [-0.1, -0.05) is 12.2 Å². The maximum atomic E-state index is 5.29. The first kappa shape index (κ1) is 11.4. The molecule has 2 heteroatoms. The first-order valence-corrected chi connectivity index (χ1v) is 4.42. The Morgan fingerprint density at radius 1 is 1.00 bits per heavy atom. The second-order valence-electron chi connectivity index (χ2n) is 2.52. The molecule has 12 heavy (non-hydrogen) atoms. The fourth-order valence-electron chi connectivity index (χ4n) is 0.742. The van der Waals surface area contributed by atoms with Crippen LogP contribution < -0.4 is 5.32 Å². The molecule has 0 aliphatic carbocycles. The summed E-state index contributed by atoms with van der Waals surface area (Å²) < 4.78 is 5.29. The van der Waals surface area contributed by atoms with Crippen molar-refractivity contribution in [1.82, 2.24) is 5.32 Å². The average Bonchev–Trinajstić information content (AvgIpc) is 2.10. The smallest absolute Gasteiger partial charge is 0.0591 e. The number of rotatable bonds is 9. The highest BCUT2D eigenvalue weighted by atomic mass is 16.5. The van der Waals surface area contributed by atoms with Gasteiger partial charge >= 0.3 is 0 Å². The predicted molar refractivity (Wildman–Crippen MR) is 53.3 cm³/mol. The molecule has 0 spiro atoms. The van der Waals surface area contributed by atoms with Gasteiger partial charge in [0.05, 0.1) is 13.2 Å². The summed E-state index contributed by atoms with van der Waals surface area (Å²) in [5.74, 6) is 0. The molecule has 2 nitrogen and oxygen atoms in total. The van der Waals surface area contributed by atoms with E-state index in [9.17, 15) is 0 Å². The number of nitrogens with one attached hydrogen (secondary N) is 1. The summed E-state index contributed by atoms with van der Waals surface area (Å²) in [4.78, 5) is 0. The van der Waals surface area contributed by atoms with Gasteiger partial charge in [-0.15, -0.1) is 13.2 Å². The Balaban J connectivity index is 2.81. The van der Waals surface area contributed by atoms with Crippen LogP contribution in [0.1, 0.15) is 12.8 Å². The molecule has 0 aromatic heterocycles. The maximum Gasteiger partial charge on any atom is 0.0591 e. The first-order valence-electron chi connectivity index (χ1n) is 4.42.